The summed E-state index contributed by atoms with van der Waals surface area (Å²) in [6.07, 6.45) is 0.971. The summed E-state index contributed by atoms with van der Waals surface area (Å²) in [6, 6.07) is 13.0. The number of nitrogens with one attached hydrogen (secondary N) is 1. The van der Waals surface area contributed by atoms with Gasteiger partial charge in [-0.25, -0.2) is 4.79 Å². The molecule has 0 saturated heterocycles. The number of hydrogen-bond acceptors (Lipinski definition) is 4. The van der Waals surface area contributed by atoms with Gasteiger partial charge in [0.25, 0.3) is 5.91 Å². The molecule has 0 aliphatic rings. The monoisotopic (exact) mass is 368 g/mol. The van der Waals surface area contributed by atoms with Gasteiger partial charge in [0, 0.05) is 5.69 Å². The highest BCUT2D eigenvalue weighted by Crippen LogP contribution is 2.22. The van der Waals surface area contributed by atoms with Gasteiger partial charge in [0.05, 0.1) is 11.6 Å². The molecule has 144 valence electrons. The van der Waals surface area contributed by atoms with Gasteiger partial charge in [-0.2, -0.15) is 0 Å². The zero-order chi connectivity index (χ0) is 20.0. The number of nitrogens with two attached hydrogens (primary N) is 1. The van der Waals surface area contributed by atoms with Gasteiger partial charge in [0.15, 0.2) is 6.61 Å². The number of anilines is 1. The Morgan fingerprint density at radius 1 is 1.11 bits per heavy atom. The van der Waals surface area contributed by atoms with Crippen LogP contribution in [0.3, 0.4) is 0 Å². The normalized spacial score (nSPS) is 11.9. The van der Waals surface area contributed by atoms with Crippen LogP contribution in [-0.4, -0.2) is 18.5 Å². The number of carbonyl (C=O) groups is 2. The molecule has 0 unspecified atom stereocenters. The van der Waals surface area contributed by atoms with Gasteiger partial charge >= 0.3 is 5.97 Å². The molecule has 5 heteroatoms. The van der Waals surface area contributed by atoms with Crippen LogP contribution in [0.4, 0.5) is 5.69 Å². The third-order valence-electron chi connectivity index (χ3n) is 4.58. The lowest BCUT2D eigenvalue weighted by atomic mass is 9.95. The maximum Gasteiger partial charge on any atom is 0.338 e. The quantitative estimate of drug-likeness (QED) is 0.575. The number of benzene rings is 2. The molecule has 0 radical (unpaired) electrons. The highest BCUT2D eigenvalue weighted by atomic mass is 16.5. The Morgan fingerprint density at radius 3 is 2.33 bits per heavy atom. The fourth-order valence-corrected chi connectivity index (χ4v) is 2.79. The average molecular weight is 368 g/mol. The topological polar surface area (TPSA) is 81.4 Å². The highest BCUT2D eigenvalue weighted by molar-refractivity contribution is 5.92. The van der Waals surface area contributed by atoms with Crippen molar-refractivity contribution in [3.05, 3.63) is 64.7 Å². The SMILES string of the molecule is CCc1ccc([C@@H](NC(=O)COC(=O)c2ccc(C)c(N)c2)C(C)C)cc1. The van der Waals surface area contributed by atoms with E-state index in [2.05, 4.69) is 24.4 Å². The summed E-state index contributed by atoms with van der Waals surface area (Å²) in [6.45, 7) is 7.71. The predicted octanol–water partition coefficient (Wildman–Crippen LogP) is 3.81. The lowest BCUT2D eigenvalue weighted by molar-refractivity contribution is -0.125. The van der Waals surface area contributed by atoms with Crippen LogP contribution in [0.5, 0.6) is 0 Å². The van der Waals surface area contributed by atoms with E-state index in [1.165, 1.54) is 5.56 Å². The highest BCUT2D eigenvalue weighted by Gasteiger charge is 2.19. The van der Waals surface area contributed by atoms with Crippen LogP contribution in [0.15, 0.2) is 42.5 Å². The van der Waals surface area contributed by atoms with E-state index in [1.54, 1.807) is 18.2 Å². The van der Waals surface area contributed by atoms with E-state index in [9.17, 15) is 9.59 Å². The summed E-state index contributed by atoms with van der Waals surface area (Å²) in [5.41, 5.74) is 9.84. The van der Waals surface area contributed by atoms with Crippen LogP contribution >= 0.6 is 0 Å². The molecule has 3 N–H and O–H groups in total. The Kier molecular flexibility index (Phi) is 6.99. The molecule has 1 amide bonds. The van der Waals surface area contributed by atoms with Crippen molar-refractivity contribution in [3.63, 3.8) is 0 Å². The van der Waals surface area contributed by atoms with Crippen molar-refractivity contribution in [2.24, 2.45) is 5.92 Å². The third kappa shape index (κ3) is 5.58. The van der Waals surface area contributed by atoms with E-state index in [1.807, 2.05) is 32.9 Å². The number of carbonyl (C=O) groups excluding carboxylic acids is 2. The van der Waals surface area contributed by atoms with Crippen molar-refractivity contribution in [1.29, 1.82) is 0 Å². The summed E-state index contributed by atoms with van der Waals surface area (Å²) >= 11 is 0. The molecule has 0 aromatic heterocycles. The summed E-state index contributed by atoms with van der Waals surface area (Å²) in [7, 11) is 0. The first-order valence-electron chi connectivity index (χ1n) is 9.23. The summed E-state index contributed by atoms with van der Waals surface area (Å²) in [5, 5.41) is 2.96. The molecule has 2 aromatic rings. The molecule has 2 aromatic carbocycles. The minimum Gasteiger partial charge on any atom is -0.452 e. The Morgan fingerprint density at radius 2 is 1.78 bits per heavy atom. The molecule has 27 heavy (non-hydrogen) atoms. The van der Waals surface area contributed by atoms with E-state index in [-0.39, 0.29) is 24.5 Å². The lowest BCUT2D eigenvalue weighted by Crippen LogP contribution is -2.35. The number of ether oxygens (including phenoxy) is 1. The molecule has 5 nitrogen and oxygen atoms in total. The van der Waals surface area contributed by atoms with Crippen molar-refractivity contribution >= 4 is 17.6 Å². The maximum absolute atomic E-state index is 12.3. The number of aryl methyl sites for hydroxylation is 2. The van der Waals surface area contributed by atoms with Crippen LogP contribution in [0.1, 0.15) is 53.9 Å². The molecule has 0 aliphatic carbocycles. The van der Waals surface area contributed by atoms with Gasteiger partial charge in [-0.1, -0.05) is 51.1 Å². The molecule has 2 rings (SSSR count). The number of hydrogen-bond donors (Lipinski definition) is 2. The molecule has 0 heterocycles. The van der Waals surface area contributed by atoms with Gasteiger partial charge in [0.1, 0.15) is 0 Å². The van der Waals surface area contributed by atoms with Crippen molar-refractivity contribution < 1.29 is 14.3 Å². The van der Waals surface area contributed by atoms with Crippen LogP contribution in [0.25, 0.3) is 0 Å². The Balaban J connectivity index is 1.97. The number of nitrogen functional groups attached to an aromatic ring is 1. The van der Waals surface area contributed by atoms with E-state index < -0.39 is 5.97 Å². The second-order valence-electron chi connectivity index (χ2n) is 7.03. The van der Waals surface area contributed by atoms with Crippen molar-refractivity contribution in [3.8, 4) is 0 Å². The van der Waals surface area contributed by atoms with Crippen molar-refractivity contribution in [1.82, 2.24) is 5.32 Å². The molecule has 0 spiro atoms. The van der Waals surface area contributed by atoms with E-state index in [0.717, 1.165) is 17.5 Å². The number of esters is 1. The van der Waals surface area contributed by atoms with Crippen molar-refractivity contribution in [2.75, 3.05) is 12.3 Å². The summed E-state index contributed by atoms with van der Waals surface area (Å²) < 4.78 is 5.13. The predicted molar refractivity (Wildman–Crippen MR) is 107 cm³/mol. The first kappa shape index (κ1) is 20.5. The molecule has 0 saturated carbocycles. The minimum atomic E-state index is -0.565. The fraction of sp³-hybridized carbons (Fsp3) is 0.364. The van der Waals surface area contributed by atoms with Crippen LogP contribution in [0.2, 0.25) is 0 Å². The summed E-state index contributed by atoms with van der Waals surface area (Å²) in [4.78, 5) is 24.4. The van der Waals surface area contributed by atoms with Crippen LogP contribution < -0.4 is 11.1 Å². The van der Waals surface area contributed by atoms with Gasteiger partial charge < -0.3 is 15.8 Å². The standard InChI is InChI=1S/C22H28N2O3/c1-5-16-7-10-17(11-8-16)21(14(2)3)24-20(25)13-27-22(26)18-9-6-15(4)19(23)12-18/h6-12,14,21H,5,13,23H2,1-4H3,(H,24,25)/t21-/m0/s1. The Bertz CT molecular complexity index is 798. The first-order valence-corrected chi connectivity index (χ1v) is 9.23. The first-order chi connectivity index (χ1) is 12.8. The smallest absolute Gasteiger partial charge is 0.338 e. The van der Waals surface area contributed by atoms with E-state index >= 15 is 0 Å². The fourth-order valence-electron chi connectivity index (χ4n) is 2.79. The average Bonchev–Trinajstić information content (AvgIpc) is 2.66. The molecule has 0 aliphatic heterocycles. The lowest BCUT2D eigenvalue weighted by Gasteiger charge is -2.23. The van der Waals surface area contributed by atoms with Gasteiger partial charge in [0.2, 0.25) is 0 Å². The molecule has 1 atom stereocenters. The second-order valence-corrected chi connectivity index (χ2v) is 7.03. The van der Waals surface area contributed by atoms with Crippen LogP contribution in [-0.2, 0) is 16.0 Å². The van der Waals surface area contributed by atoms with Crippen molar-refractivity contribution in [2.45, 2.75) is 40.2 Å². The molecular formula is C22H28N2O3. The summed E-state index contributed by atoms with van der Waals surface area (Å²) in [5.74, 6) is -0.694. The minimum absolute atomic E-state index is 0.142. The van der Waals surface area contributed by atoms with Gasteiger partial charge in [-0.3, -0.25) is 4.79 Å². The zero-order valence-electron chi connectivity index (χ0n) is 16.4. The molecule has 0 bridgehead atoms. The Labute approximate surface area is 160 Å². The zero-order valence-corrected chi connectivity index (χ0v) is 16.4. The largest absolute Gasteiger partial charge is 0.452 e. The van der Waals surface area contributed by atoms with Crippen LogP contribution in [0, 0.1) is 12.8 Å². The van der Waals surface area contributed by atoms with E-state index in [0.29, 0.717) is 11.3 Å². The second kappa shape index (κ2) is 9.21. The van der Waals surface area contributed by atoms with E-state index in [4.69, 9.17) is 10.5 Å². The molecular weight excluding hydrogens is 340 g/mol. The number of rotatable bonds is 7. The third-order valence-corrected chi connectivity index (χ3v) is 4.58. The van der Waals surface area contributed by atoms with Gasteiger partial charge in [-0.15, -0.1) is 0 Å². The molecule has 0 fully saturated rings. The number of amides is 1. The Hall–Kier alpha value is -2.82. The van der Waals surface area contributed by atoms with Gasteiger partial charge in [-0.05, 0) is 48.1 Å². The maximum atomic E-state index is 12.3.